The summed E-state index contributed by atoms with van der Waals surface area (Å²) in [6, 6.07) is 5.57. The lowest BCUT2D eigenvalue weighted by Gasteiger charge is -2.28. The summed E-state index contributed by atoms with van der Waals surface area (Å²) < 4.78 is 0. The number of unbranched alkanes of at least 4 members (excludes halogenated alkanes) is 20. The van der Waals surface area contributed by atoms with Gasteiger partial charge < -0.3 is 10.2 Å². The van der Waals surface area contributed by atoms with E-state index >= 15 is 0 Å². The number of hydrogen-bond donors (Lipinski definition) is 1. The lowest BCUT2D eigenvalue weighted by Crippen LogP contribution is -2.13. The van der Waals surface area contributed by atoms with Crippen molar-refractivity contribution in [2.45, 2.75) is 182 Å². The van der Waals surface area contributed by atoms with Crippen molar-refractivity contribution < 1.29 is 15.0 Å². The van der Waals surface area contributed by atoms with Crippen LogP contribution in [0.5, 0.6) is 5.75 Å². The minimum Gasteiger partial charge on any atom is -0.872 e. The average molecular weight is 672 g/mol. The number of carboxylic acids is 1. The van der Waals surface area contributed by atoms with Gasteiger partial charge in [-0.2, -0.15) is 0 Å². The highest BCUT2D eigenvalue weighted by atomic mass is 31.2. The summed E-state index contributed by atoms with van der Waals surface area (Å²) in [5.41, 5.74) is 0.154. The topological polar surface area (TPSA) is 64.7 Å². The fourth-order valence-electron chi connectivity index (χ4n) is 6.44. The van der Waals surface area contributed by atoms with E-state index in [-0.39, 0.29) is 11.4 Å². The van der Waals surface area contributed by atoms with Crippen LogP contribution in [0, 0.1) is 6.57 Å². The van der Waals surface area contributed by atoms with E-state index < -0.39 is 13.2 Å². The molecule has 270 valence electrons. The average Bonchev–Trinajstić information content (AvgIpc) is 3.07. The lowest BCUT2D eigenvalue weighted by atomic mass is 10.1. The minimum absolute atomic E-state index is 0.151. The van der Waals surface area contributed by atoms with Crippen LogP contribution < -0.4 is 5.11 Å². The fraction of sp³-hybridized carbons (Fsp3) is 0.762. The summed E-state index contributed by atoms with van der Waals surface area (Å²) in [7, 11) is -0.697. The molecule has 0 unspecified atom stereocenters. The number of nitrogens with zero attached hydrogens (tertiary/aromatic N) is 1. The first-order chi connectivity index (χ1) is 22.9. The van der Waals surface area contributed by atoms with Crippen molar-refractivity contribution in [1.29, 1.82) is 0 Å². The van der Waals surface area contributed by atoms with E-state index in [9.17, 15) is 9.90 Å². The van der Waals surface area contributed by atoms with Crippen LogP contribution in [-0.2, 0) is 4.79 Å². The van der Waals surface area contributed by atoms with Crippen LogP contribution in [0.4, 0.5) is 0 Å². The maximum Gasteiger partial charge on any atom is 0.333 e. The van der Waals surface area contributed by atoms with Gasteiger partial charge in [-0.05, 0) is 63.0 Å². The molecule has 0 amide bonds. The maximum absolute atomic E-state index is 10.7. The number of benzene rings is 1. The van der Waals surface area contributed by atoms with E-state index in [4.69, 9.17) is 11.7 Å². The number of carbonyl (C=O) groups is 1. The Hall–Kier alpha value is -1.85. The number of carboxylic acid groups (broad SMARTS) is 1. The summed E-state index contributed by atoms with van der Waals surface area (Å²) in [5.74, 6) is -1.42. The van der Waals surface area contributed by atoms with E-state index in [0.29, 0.717) is 5.56 Å². The molecule has 0 heterocycles. The molecule has 0 bridgehead atoms. The Kier molecular flexibility index (Phi) is 31.4. The van der Waals surface area contributed by atoms with E-state index in [2.05, 4.69) is 32.5 Å². The summed E-state index contributed by atoms with van der Waals surface area (Å²) >= 11 is 0. The second kappa shape index (κ2) is 32.7. The molecule has 0 aliphatic carbocycles. The normalized spacial score (nSPS) is 11.6. The van der Waals surface area contributed by atoms with Crippen molar-refractivity contribution in [2.24, 2.45) is 0 Å². The highest BCUT2D eigenvalue weighted by molar-refractivity contribution is 7.75. The highest BCUT2D eigenvalue weighted by Crippen LogP contribution is 2.61. The molecule has 5 heteroatoms. The molecular weight excluding hydrogens is 597 g/mol. The second-order valence-electron chi connectivity index (χ2n) is 13.8. The molecule has 1 rings (SSSR count). The summed E-state index contributed by atoms with van der Waals surface area (Å²) in [4.78, 5) is 13.3. The Labute approximate surface area is 292 Å². The Morgan fingerprint density at radius 1 is 0.596 bits per heavy atom. The highest BCUT2D eigenvalue weighted by Gasteiger charge is 2.34. The first-order valence-electron chi connectivity index (χ1n) is 19.8. The maximum atomic E-state index is 10.7. The monoisotopic (exact) mass is 672 g/mol. The molecule has 0 aliphatic heterocycles. The zero-order valence-electron chi connectivity index (χ0n) is 31.3. The summed E-state index contributed by atoms with van der Waals surface area (Å²) in [6.45, 7) is 16.0. The molecule has 1 aromatic rings. The van der Waals surface area contributed by atoms with E-state index in [1.54, 1.807) is 50.3 Å². The predicted octanol–water partition coefficient (Wildman–Crippen LogP) is 13.6. The Balaban J connectivity index is 0.00000125. The number of rotatable bonds is 30. The largest absolute Gasteiger partial charge is 0.872 e. The standard InChI is InChI=1S/C32H68P.C10H7NO3/c1-5-9-13-17-18-19-20-21-22-23-24-28-32-33(29-25-14-10-6-2,30-26-15-11-7-3)31-27-16-12-8-4;1-11-9(10(13)14)6-7-2-4-8(12)5-3-7/h5-32H2,1-4H3;2-6,12H,(H,13,14)/q+1;/p-1/b;9-6-. The third-order valence-corrected chi connectivity index (χ3v) is 14.5. The molecule has 0 saturated heterocycles. The van der Waals surface area contributed by atoms with Crippen molar-refractivity contribution in [1.82, 2.24) is 0 Å². The molecule has 1 N–H and O–H groups in total. The molecule has 0 saturated carbocycles. The zero-order chi connectivity index (χ0) is 34.9. The van der Waals surface area contributed by atoms with Crippen LogP contribution in [0.15, 0.2) is 30.0 Å². The fourth-order valence-corrected chi connectivity index (χ4v) is 11.4. The van der Waals surface area contributed by atoms with Gasteiger partial charge in [0.2, 0.25) is 0 Å². The minimum atomic E-state index is -1.27. The Morgan fingerprint density at radius 2 is 0.894 bits per heavy atom. The van der Waals surface area contributed by atoms with Crippen molar-refractivity contribution in [3.05, 3.63) is 46.9 Å². The smallest absolute Gasteiger partial charge is 0.333 e. The summed E-state index contributed by atoms with van der Waals surface area (Å²) in [5, 5.41) is 19.3. The first kappa shape index (κ1) is 45.2. The van der Waals surface area contributed by atoms with Crippen molar-refractivity contribution in [2.75, 3.05) is 24.6 Å². The molecule has 4 nitrogen and oxygen atoms in total. The van der Waals surface area contributed by atoms with Crippen molar-refractivity contribution in [3.63, 3.8) is 0 Å². The number of hydrogen-bond acceptors (Lipinski definition) is 2. The summed E-state index contributed by atoms with van der Waals surface area (Å²) in [6.07, 6.45) is 43.3. The van der Waals surface area contributed by atoms with Crippen molar-refractivity contribution >= 4 is 19.3 Å². The molecular formula is C42H74NO3P. The van der Waals surface area contributed by atoms with Crippen LogP contribution in [0.2, 0.25) is 0 Å². The molecule has 0 atom stereocenters. The first-order valence-corrected chi connectivity index (χ1v) is 22.4. The van der Waals surface area contributed by atoms with Gasteiger partial charge >= 0.3 is 5.97 Å². The molecule has 0 spiro atoms. The SMILES string of the molecule is CCCCCCCCCCCCCC[P+](CCCCCC)(CCCCCC)CCCCCC.[C-]#[N+]/C(=C\c1ccc([O-])cc1)C(=O)O. The zero-order valence-corrected chi connectivity index (χ0v) is 32.2. The predicted molar refractivity (Wildman–Crippen MR) is 208 cm³/mol. The van der Waals surface area contributed by atoms with Gasteiger partial charge in [0.15, 0.2) is 0 Å². The van der Waals surface area contributed by atoms with Gasteiger partial charge in [0.25, 0.3) is 5.70 Å². The number of aliphatic carboxylic acids is 1. The molecule has 0 radical (unpaired) electrons. The van der Waals surface area contributed by atoms with Gasteiger partial charge in [-0.1, -0.05) is 155 Å². The van der Waals surface area contributed by atoms with Gasteiger partial charge in [0.1, 0.15) is 0 Å². The molecule has 0 aromatic heterocycles. The lowest BCUT2D eigenvalue weighted by molar-refractivity contribution is -0.268. The van der Waals surface area contributed by atoms with E-state index in [1.165, 1.54) is 159 Å². The quantitative estimate of drug-likeness (QED) is 0.0383. The molecule has 1 aromatic carbocycles. The second-order valence-corrected chi connectivity index (χ2v) is 18.3. The van der Waals surface area contributed by atoms with Gasteiger partial charge in [-0.25, -0.2) is 4.85 Å². The Bertz CT molecular complexity index is 890. The van der Waals surface area contributed by atoms with Crippen LogP contribution in [-0.4, -0.2) is 35.7 Å². The molecule has 47 heavy (non-hydrogen) atoms. The third-order valence-electron chi connectivity index (χ3n) is 9.47. The third kappa shape index (κ3) is 26.8. The van der Waals surface area contributed by atoms with Crippen LogP contribution in [0.25, 0.3) is 10.9 Å². The van der Waals surface area contributed by atoms with Gasteiger partial charge in [0.05, 0.1) is 31.2 Å². The van der Waals surface area contributed by atoms with Gasteiger partial charge in [0, 0.05) is 7.26 Å². The van der Waals surface area contributed by atoms with Crippen LogP contribution >= 0.6 is 7.26 Å². The van der Waals surface area contributed by atoms with E-state index in [1.807, 2.05) is 0 Å². The Morgan fingerprint density at radius 3 is 1.19 bits per heavy atom. The van der Waals surface area contributed by atoms with Gasteiger partial charge in [-0.3, -0.25) is 4.79 Å². The van der Waals surface area contributed by atoms with Crippen molar-refractivity contribution in [3.8, 4) is 5.75 Å². The van der Waals surface area contributed by atoms with Crippen LogP contribution in [0.1, 0.15) is 187 Å². The molecule has 0 fully saturated rings. The van der Waals surface area contributed by atoms with Crippen LogP contribution in [0.3, 0.4) is 0 Å². The molecule has 0 aliphatic rings. The van der Waals surface area contributed by atoms with Gasteiger partial charge in [-0.15, -0.1) is 5.75 Å². The van der Waals surface area contributed by atoms with E-state index in [0.717, 1.165) is 0 Å².